The third-order valence-corrected chi connectivity index (χ3v) is 12.2. The third kappa shape index (κ3) is 5.21. The molecule has 2 bridgehead atoms. The van der Waals surface area contributed by atoms with Gasteiger partial charge in [-0.25, -0.2) is 0 Å². The second kappa shape index (κ2) is 12.4. The number of nitrogens with one attached hydrogen (secondary N) is 1. The number of amides is 1. The quantitative estimate of drug-likeness (QED) is 0.0909. The summed E-state index contributed by atoms with van der Waals surface area (Å²) in [5.41, 5.74) is -4.15. The largest absolute Gasteiger partial charge is 0.468 e. The van der Waals surface area contributed by atoms with Crippen molar-refractivity contribution in [2.45, 2.75) is 121 Å². The van der Waals surface area contributed by atoms with E-state index in [1.165, 1.54) is 14.2 Å². The van der Waals surface area contributed by atoms with Crippen molar-refractivity contribution in [3.8, 4) is 0 Å². The second-order valence-corrected chi connectivity index (χ2v) is 15.1. The molecule has 1 heterocycles. The molecule has 5 fully saturated rings. The van der Waals surface area contributed by atoms with Crippen LogP contribution in [0.2, 0.25) is 0 Å². The number of rotatable bonds is 8. The Morgan fingerprint density at radius 2 is 1.65 bits per heavy atom. The average molecular weight is 654 g/mol. The maximum absolute atomic E-state index is 13.8. The molecule has 13 heteroatoms. The Bertz CT molecular complexity index is 1210. The van der Waals surface area contributed by atoms with E-state index < -0.39 is 95.1 Å². The number of fused-ring (bicyclic) bond motifs is 3. The van der Waals surface area contributed by atoms with Crippen LogP contribution in [0.15, 0.2) is 12.2 Å². The molecular formula is C33H51NO12. The topological polar surface area (TPSA) is 201 Å². The molecule has 1 aliphatic heterocycles. The first-order valence-corrected chi connectivity index (χ1v) is 16.4. The van der Waals surface area contributed by atoms with E-state index in [0.29, 0.717) is 44.1 Å². The Labute approximate surface area is 269 Å². The maximum Gasteiger partial charge on any atom is 0.323 e. The van der Waals surface area contributed by atoms with Crippen LogP contribution in [0.25, 0.3) is 0 Å². The van der Waals surface area contributed by atoms with Crippen LogP contribution in [0, 0.1) is 34.0 Å². The first-order chi connectivity index (χ1) is 21.5. The fourth-order valence-corrected chi connectivity index (χ4v) is 10.3. The van der Waals surface area contributed by atoms with Crippen molar-refractivity contribution in [3.05, 3.63) is 12.2 Å². The minimum atomic E-state index is -1.79. The number of hydrogen-bond donors (Lipinski definition) is 6. The van der Waals surface area contributed by atoms with Crippen molar-refractivity contribution >= 4 is 17.8 Å². The summed E-state index contributed by atoms with van der Waals surface area (Å²) in [4.78, 5) is 40.5. The first-order valence-electron chi connectivity index (χ1n) is 16.4. The van der Waals surface area contributed by atoms with Crippen molar-refractivity contribution in [1.82, 2.24) is 5.32 Å². The molecule has 1 spiro atoms. The van der Waals surface area contributed by atoms with E-state index in [9.17, 15) is 39.9 Å². The predicted molar refractivity (Wildman–Crippen MR) is 160 cm³/mol. The highest BCUT2D eigenvalue weighted by Gasteiger charge is 2.74. The Morgan fingerprint density at radius 1 is 1.02 bits per heavy atom. The third-order valence-electron chi connectivity index (χ3n) is 12.2. The highest BCUT2D eigenvalue weighted by molar-refractivity contribution is 6.00. The van der Waals surface area contributed by atoms with Gasteiger partial charge < -0.3 is 49.8 Å². The van der Waals surface area contributed by atoms with Crippen LogP contribution in [0.3, 0.4) is 0 Å². The summed E-state index contributed by atoms with van der Waals surface area (Å²) in [6.07, 6.45) is -5.24. The normalized spacial score (nSPS) is 44.6. The number of esters is 2. The van der Waals surface area contributed by atoms with Gasteiger partial charge in [-0.2, -0.15) is 0 Å². The van der Waals surface area contributed by atoms with Gasteiger partial charge in [-0.05, 0) is 67.3 Å². The molecule has 0 radical (unpaired) electrons. The highest BCUT2D eigenvalue weighted by Crippen LogP contribution is 2.73. The predicted octanol–water partition coefficient (Wildman–Crippen LogP) is 0.332. The first kappa shape index (κ1) is 35.2. The molecule has 260 valence electrons. The molecule has 12 atom stereocenters. The zero-order valence-electron chi connectivity index (χ0n) is 27.4. The molecule has 6 N–H and O–H groups in total. The molecule has 0 aromatic carbocycles. The van der Waals surface area contributed by atoms with Gasteiger partial charge in [0.25, 0.3) is 0 Å². The van der Waals surface area contributed by atoms with E-state index in [4.69, 9.17) is 18.9 Å². The number of ether oxygens (including phenoxy) is 4. The molecule has 1 amide bonds. The number of carbonyl (C=O) groups excluding carboxylic acids is 3. The van der Waals surface area contributed by atoms with Gasteiger partial charge in [-0.1, -0.05) is 27.4 Å². The lowest BCUT2D eigenvalue weighted by molar-refractivity contribution is -0.298. The van der Waals surface area contributed by atoms with Crippen LogP contribution >= 0.6 is 0 Å². The van der Waals surface area contributed by atoms with Crippen molar-refractivity contribution in [2.24, 2.45) is 34.0 Å². The summed E-state index contributed by atoms with van der Waals surface area (Å²) >= 11 is 0. The summed E-state index contributed by atoms with van der Waals surface area (Å²) in [5, 5.41) is 57.3. The van der Waals surface area contributed by atoms with Gasteiger partial charge in [0.05, 0.1) is 38.6 Å². The van der Waals surface area contributed by atoms with Gasteiger partial charge in [0.2, 0.25) is 5.91 Å². The van der Waals surface area contributed by atoms with Gasteiger partial charge in [0, 0.05) is 18.3 Å². The average Bonchev–Trinajstić information content (AvgIpc) is 3.14. The monoisotopic (exact) mass is 653 g/mol. The second-order valence-electron chi connectivity index (χ2n) is 15.1. The standard InChI is InChI=1S/C33H51NO12/c1-16(2)11-22(36)34-23-25(38)24(37)19(14-35)46-27(23)45-18-12-30(4)20-8-10-32(42)15-31(20,26(39)17(32)3)9-7-21(30)33(13-18,28(40)43-5)29(41)44-6/h16,18-21,23-27,35,37-39,42H,3,7-15H2,1-2,4-6H3,(H,34,36)/t18-,19+,20-,21-,23+,24+,25+,26-,27+,30-,31+,32-/m0/s1. The summed E-state index contributed by atoms with van der Waals surface area (Å²) < 4.78 is 23.0. The summed E-state index contributed by atoms with van der Waals surface area (Å²) in [5.74, 6) is -2.77. The van der Waals surface area contributed by atoms with Crippen LogP contribution in [-0.4, -0.2) is 113 Å². The molecule has 0 unspecified atom stereocenters. The summed E-state index contributed by atoms with van der Waals surface area (Å²) in [6.45, 7) is 9.11. The van der Waals surface area contributed by atoms with Crippen molar-refractivity contribution in [3.63, 3.8) is 0 Å². The molecule has 46 heavy (non-hydrogen) atoms. The van der Waals surface area contributed by atoms with E-state index >= 15 is 0 Å². The van der Waals surface area contributed by atoms with E-state index in [1.807, 2.05) is 20.8 Å². The Kier molecular flexibility index (Phi) is 9.48. The van der Waals surface area contributed by atoms with E-state index in [2.05, 4.69) is 11.9 Å². The minimum Gasteiger partial charge on any atom is -0.468 e. The molecule has 13 nitrogen and oxygen atoms in total. The molecular weight excluding hydrogens is 602 g/mol. The Hall–Kier alpha value is -2.13. The number of hydrogen-bond acceptors (Lipinski definition) is 12. The lowest BCUT2D eigenvalue weighted by Gasteiger charge is -2.64. The van der Waals surface area contributed by atoms with Gasteiger partial charge in [0.15, 0.2) is 11.7 Å². The van der Waals surface area contributed by atoms with Gasteiger partial charge in [-0.3, -0.25) is 14.4 Å². The fourth-order valence-electron chi connectivity index (χ4n) is 10.3. The summed E-state index contributed by atoms with van der Waals surface area (Å²) in [7, 11) is 2.41. The van der Waals surface area contributed by atoms with Crippen LogP contribution in [0.4, 0.5) is 0 Å². The Balaban J connectivity index is 1.56. The van der Waals surface area contributed by atoms with Crippen molar-refractivity contribution in [2.75, 3.05) is 20.8 Å². The number of methoxy groups -OCH3 is 2. The van der Waals surface area contributed by atoms with Crippen molar-refractivity contribution < 1.29 is 58.9 Å². The molecule has 5 aliphatic rings. The van der Waals surface area contributed by atoms with Gasteiger partial charge in [-0.15, -0.1) is 0 Å². The number of aliphatic hydroxyl groups is 5. The smallest absolute Gasteiger partial charge is 0.323 e. The van der Waals surface area contributed by atoms with E-state index in [-0.39, 0.29) is 24.7 Å². The lowest BCUT2D eigenvalue weighted by atomic mass is 9.40. The van der Waals surface area contributed by atoms with Gasteiger partial charge >= 0.3 is 11.9 Å². The number of carbonyl (C=O) groups is 3. The molecule has 5 rings (SSSR count). The number of aliphatic hydroxyl groups excluding tert-OH is 4. The zero-order valence-corrected chi connectivity index (χ0v) is 27.4. The fraction of sp³-hybridized carbons (Fsp3) is 0.848. The zero-order chi connectivity index (χ0) is 34.0. The highest BCUT2D eigenvalue weighted by atomic mass is 16.7. The van der Waals surface area contributed by atoms with Crippen molar-refractivity contribution in [1.29, 1.82) is 0 Å². The molecule has 0 aromatic rings. The lowest BCUT2D eigenvalue weighted by Crippen LogP contribution is -2.68. The van der Waals surface area contributed by atoms with Crippen LogP contribution in [-0.2, 0) is 33.3 Å². The SMILES string of the molecule is C=C1[C@H](O)[C@@]23CC[C@@H]4C(C(=O)OC)(C(=O)OC)C[C@@H](O[C@@H]5O[C@H](CO)[C@@H](O)[C@H](O)[C@H]5NC(=O)CC(C)C)C[C@@]4(C)[C@@H]2CC[C@]1(O)C3. The van der Waals surface area contributed by atoms with Crippen LogP contribution in [0.1, 0.15) is 72.1 Å². The maximum atomic E-state index is 13.8. The van der Waals surface area contributed by atoms with E-state index in [0.717, 1.165) is 0 Å². The van der Waals surface area contributed by atoms with Gasteiger partial charge in [0.1, 0.15) is 24.4 Å². The molecule has 4 aliphatic carbocycles. The molecule has 0 aromatic heterocycles. The molecule has 1 saturated heterocycles. The minimum absolute atomic E-state index is 0.000817. The molecule has 4 saturated carbocycles. The Morgan fingerprint density at radius 3 is 2.24 bits per heavy atom. The van der Waals surface area contributed by atoms with Crippen LogP contribution < -0.4 is 5.32 Å². The van der Waals surface area contributed by atoms with Crippen LogP contribution in [0.5, 0.6) is 0 Å². The summed E-state index contributed by atoms with van der Waals surface area (Å²) in [6, 6.07) is -1.23. The van der Waals surface area contributed by atoms with E-state index in [1.54, 1.807) is 0 Å².